The Bertz CT molecular complexity index is 1380. The Morgan fingerprint density at radius 1 is 1.00 bits per heavy atom. The van der Waals surface area contributed by atoms with Gasteiger partial charge < -0.3 is 33.2 Å². The molecule has 0 spiro atoms. The third-order valence-corrected chi connectivity index (χ3v) is 5.48. The molecule has 202 valence electrons. The normalized spacial score (nSPS) is 23.1. The summed E-state index contributed by atoms with van der Waals surface area (Å²) in [5.74, 6) is -2.23. The predicted molar refractivity (Wildman–Crippen MR) is 125 cm³/mol. The van der Waals surface area contributed by atoms with Gasteiger partial charge >= 0.3 is 23.5 Å². The Hall–Kier alpha value is -4.14. The lowest BCUT2D eigenvalue weighted by molar-refractivity contribution is -0.310. The monoisotopic (exact) mass is 531 g/mol. The van der Waals surface area contributed by atoms with Gasteiger partial charge in [-0.3, -0.25) is 14.4 Å². The Morgan fingerprint density at radius 3 is 2.34 bits per heavy atom. The summed E-state index contributed by atoms with van der Waals surface area (Å²) in [5, 5.41) is 18.5. The number of carbonyl (C=O) groups excluding carboxylic acids is 3. The van der Waals surface area contributed by atoms with Crippen LogP contribution in [0.25, 0.3) is 16.7 Å². The van der Waals surface area contributed by atoms with Gasteiger partial charge in [-0.25, -0.2) is 9.48 Å². The minimum Gasteiger partial charge on any atom is -0.456 e. The summed E-state index contributed by atoms with van der Waals surface area (Å²) in [7, 11) is 0. The summed E-state index contributed by atoms with van der Waals surface area (Å²) in [6.07, 6.45) is -5.07. The van der Waals surface area contributed by atoms with Crippen LogP contribution in [0.2, 0.25) is 0 Å². The molecule has 14 heteroatoms. The highest BCUT2D eigenvalue weighted by Crippen LogP contribution is 2.30. The topological polar surface area (TPSA) is 179 Å². The number of para-hydroxylation sites is 1. The van der Waals surface area contributed by atoms with Crippen LogP contribution < -0.4 is 5.63 Å². The van der Waals surface area contributed by atoms with Gasteiger partial charge in [-0.1, -0.05) is 23.4 Å². The van der Waals surface area contributed by atoms with Crippen molar-refractivity contribution in [3.63, 3.8) is 0 Å². The third-order valence-electron chi connectivity index (χ3n) is 5.48. The van der Waals surface area contributed by atoms with E-state index in [1.807, 2.05) is 0 Å². The van der Waals surface area contributed by atoms with E-state index < -0.39 is 60.8 Å². The van der Waals surface area contributed by atoms with Gasteiger partial charge in [-0.05, 0) is 12.1 Å². The average Bonchev–Trinajstić information content (AvgIpc) is 3.33. The van der Waals surface area contributed by atoms with Crippen molar-refractivity contribution in [2.24, 2.45) is 0 Å². The van der Waals surface area contributed by atoms with E-state index in [0.717, 1.165) is 20.8 Å². The van der Waals surface area contributed by atoms with E-state index in [1.165, 1.54) is 10.9 Å². The van der Waals surface area contributed by atoms with Crippen LogP contribution in [0, 0.1) is 0 Å². The second-order valence-electron chi connectivity index (χ2n) is 8.37. The fourth-order valence-electron chi connectivity index (χ4n) is 4.00. The van der Waals surface area contributed by atoms with Crippen LogP contribution >= 0.6 is 0 Å². The Morgan fingerprint density at radius 2 is 1.66 bits per heavy atom. The molecule has 0 unspecified atom stereocenters. The molecule has 1 saturated heterocycles. The van der Waals surface area contributed by atoms with Crippen LogP contribution in [0.1, 0.15) is 26.5 Å². The van der Waals surface area contributed by atoms with Crippen molar-refractivity contribution in [2.45, 2.75) is 58.1 Å². The molecule has 3 heterocycles. The predicted octanol–water partition coefficient (Wildman–Crippen LogP) is 0.403. The minimum absolute atomic E-state index is 0.119. The summed E-state index contributed by atoms with van der Waals surface area (Å²) in [4.78, 5) is 47.7. The van der Waals surface area contributed by atoms with Gasteiger partial charge in [-0.2, -0.15) is 0 Å². The molecule has 1 aliphatic rings. The molecule has 38 heavy (non-hydrogen) atoms. The smallest absolute Gasteiger partial charge is 0.362 e. The van der Waals surface area contributed by atoms with Crippen LogP contribution in [0.5, 0.6) is 0 Å². The largest absolute Gasteiger partial charge is 0.456 e. The molecule has 3 aromatic rings. The molecule has 0 aliphatic carbocycles. The van der Waals surface area contributed by atoms with Crippen molar-refractivity contribution in [3.05, 3.63) is 52.6 Å². The number of aromatic nitrogens is 3. The molecule has 0 amide bonds. The van der Waals surface area contributed by atoms with Gasteiger partial charge in [0.15, 0.2) is 30.3 Å². The molecule has 1 aromatic carbocycles. The van der Waals surface area contributed by atoms with Gasteiger partial charge in [0.25, 0.3) is 0 Å². The molecule has 5 atom stereocenters. The Labute approximate surface area is 215 Å². The highest BCUT2D eigenvalue weighted by Gasteiger charge is 2.52. The maximum Gasteiger partial charge on any atom is 0.362 e. The van der Waals surface area contributed by atoms with E-state index in [1.54, 1.807) is 30.3 Å². The SMILES string of the molecule is CC(=O)O[C@@H]1[C@@H](OC(C)=O)[C@H](OCc2cn(-c3cc4ccccc4oc3=O)nn2)O[C@H](CO)[C@H]1OC(C)=O. The highest BCUT2D eigenvalue weighted by atomic mass is 16.7. The Kier molecular flexibility index (Phi) is 8.14. The number of fused-ring (bicyclic) bond motifs is 1. The second kappa shape index (κ2) is 11.5. The number of esters is 3. The van der Waals surface area contributed by atoms with Gasteiger partial charge in [0, 0.05) is 26.2 Å². The van der Waals surface area contributed by atoms with Crippen molar-refractivity contribution >= 4 is 28.9 Å². The van der Waals surface area contributed by atoms with E-state index in [-0.39, 0.29) is 18.0 Å². The number of rotatable bonds is 8. The lowest BCUT2D eigenvalue weighted by atomic mass is 9.98. The first-order chi connectivity index (χ1) is 18.2. The molecule has 1 fully saturated rings. The van der Waals surface area contributed by atoms with Gasteiger partial charge in [0.1, 0.15) is 17.4 Å². The van der Waals surface area contributed by atoms with Crippen molar-refractivity contribution < 1.29 is 47.6 Å². The van der Waals surface area contributed by atoms with E-state index >= 15 is 0 Å². The number of aliphatic hydroxyl groups excluding tert-OH is 1. The summed E-state index contributed by atoms with van der Waals surface area (Å²) in [5.41, 5.74) is 0.171. The zero-order valence-electron chi connectivity index (χ0n) is 20.6. The van der Waals surface area contributed by atoms with Gasteiger partial charge in [0.2, 0.25) is 0 Å². The van der Waals surface area contributed by atoms with Crippen molar-refractivity contribution in [1.82, 2.24) is 15.0 Å². The maximum absolute atomic E-state index is 12.4. The minimum atomic E-state index is -1.36. The zero-order chi connectivity index (χ0) is 27.4. The lowest BCUT2D eigenvalue weighted by Crippen LogP contribution is -2.62. The summed E-state index contributed by atoms with van der Waals surface area (Å²) < 4.78 is 33.9. The summed E-state index contributed by atoms with van der Waals surface area (Å²) >= 11 is 0. The molecule has 1 aliphatic heterocycles. The number of hydrogen-bond acceptors (Lipinski definition) is 13. The first-order valence-corrected chi connectivity index (χ1v) is 11.5. The van der Waals surface area contributed by atoms with E-state index in [9.17, 15) is 24.3 Å². The van der Waals surface area contributed by atoms with Crippen LogP contribution in [-0.4, -0.2) is 75.3 Å². The second-order valence-corrected chi connectivity index (χ2v) is 8.37. The number of ether oxygens (including phenoxy) is 5. The molecule has 4 rings (SSSR count). The van der Waals surface area contributed by atoms with Gasteiger partial charge in [-0.15, -0.1) is 5.10 Å². The fourth-order valence-corrected chi connectivity index (χ4v) is 4.00. The molecule has 14 nitrogen and oxygen atoms in total. The number of benzene rings is 1. The number of hydrogen-bond donors (Lipinski definition) is 1. The van der Waals surface area contributed by atoms with Crippen molar-refractivity contribution in [3.8, 4) is 5.69 Å². The molecule has 0 radical (unpaired) electrons. The van der Waals surface area contributed by atoms with Crippen LogP contribution in [0.15, 0.2) is 45.7 Å². The standard InChI is InChI=1S/C24H25N3O11/c1-12(29)34-20-19(10-28)38-24(22(36-14(3)31)21(20)35-13(2)30)33-11-16-9-27(26-25-16)17-8-15-6-4-5-7-18(15)37-23(17)32/h4-9,19-22,24,28H,10-11H2,1-3H3/t19-,20-,21+,22-,24-/m1/s1. The quantitative estimate of drug-likeness (QED) is 0.240. The molecule has 0 saturated carbocycles. The maximum atomic E-state index is 12.4. The molecule has 1 N–H and O–H groups in total. The van der Waals surface area contributed by atoms with Crippen LogP contribution in [0.4, 0.5) is 0 Å². The number of nitrogens with zero attached hydrogens (tertiary/aromatic N) is 3. The van der Waals surface area contributed by atoms with Crippen LogP contribution in [-0.2, 0) is 44.7 Å². The van der Waals surface area contributed by atoms with E-state index in [4.69, 9.17) is 28.1 Å². The summed E-state index contributed by atoms with van der Waals surface area (Å²) in [6, 6.07) is 8.59. The molecular formula is C24H25N3O11. The van der Waals surface area contributed by atoms with E-state index in [2.05, 4.69) is 10.3 Å². The summed E-state index contributed by atoms with van der Waals surface area (Å²) in [6.45, 7) is 2.50. The first kappa shape index (κ1) is 26.9. The third kappa shape index (κ3) is 6.04. The Balaban J connectivity index is 1.56. The lowest BCUT2D eigenvalue weighted by Gasteiger charge is -2.43. The number of carbonyl (C=O) groups is 3. The van der Waals surface area contributed by atoms with Crippen LogP contribution in [0.3, 0.4) is 0 Å². The molecule has 2 aromatic heterocycles. The number of aliphatic hydroxyl groups is 1. The van der Waals surface area contributed by atoms with Crippen molar-refractivity contribution in [2.75, 3.05) is 6.61 Å². The fraction of sp³-hybridized carbons (Fsp3) is 0.417. The zero-order valence-corrected chi connectivity index (χ0v) is 20.6. The average molecular weight is 531 g/mol. The molecular weight excluding hydrogens is 506 g/mol. The van der Waals surface area contributed by atoms with Gasteiger partial charge in [0.05, 0.1) is 19.4 Å². The van der Waals surface area contributed by atoms with E-state index in [0.29, 0.717) is 11.0 Å². The highest BCUT2D eigenvalue weighted by molar-refractivity contribution is 5.77. The molecule has 0 bridgehead atoms. The van der Waals surface area contributed by atoms with Crippen molar-refractivity contribution in [1.29, 1.82) is 0 Å². The first-order valence-electron chi connectivity index (χ1n) is 11.5.